The molecule has 1 fully saturated rings. The number of esters is 1. The van der Waals surface area contributed by atoms with Crippen molar-refractivity contribution in [1.29, 1.82) is 0 Å². The first-order valence-electron chi connectivity index (χ1n) is 4.11. The van der Waals surface area contributed by atoms with E-state index in [9.17, 15) is 9.59 Å². The molecule has 1 aliphatic rings. The van der Waals surface area contributed by atoms with E-state index in [0.29, 0.717) is 13.0 Å². The third-order valence-electron chi connectivity index (χ3n) is 2.13. The molecule has 1 N–H and O–H groups in total. The molecule has 2 unspecified atom stereocenters. The molecule has 5 heteroatoms. The Morgan fingerprint density at radius 1 is 1.54 bits per heavy atom. The Hall–Kier alpha value is -1.10. The molecule has 2 atom stereocenters. The van der Waals surface area contributed by atoms with Crippen LogP contribution in [0, 0.1) is 0 Å². The fourth-order valence-corrected chi connectivity index (χ4v) is 1.56. The van der Waals surface area contributed by atoms with Gasteiger partial charge in [-0.05, 0) is 7.05 Å². The SMILES string of the molecule is CC(=O)OC1CC(C(=O)O)N(C)C1. The maximum absolute atomic E-state index is 10.7. The number of hydrogen-bond acceptors (Lipinski definition) is 4. The van der Waals surface area contributed by atoms with E-state index in [1.807, 2.05) is 0 Å². The van der Waals surface area contributed by atoms with Crippen molar-refractivity contribution in [2.75, 3.05) is 13.6 Å². The lowest BCUT2D eigenvalue weighted by molar-refractivity contribution is -0.146. The Bertz CT molecular complexity index is 228. The number of ether oxygens (including phenoxy) is 1. The zero-order valence-electron chi connectivity index (χ0n) is 7.69. The second kappa shape index (κ2) is 3.74. The van der Waals surface area contributed by atoms with Gasteiger partial charge in [-0.15, -0.1) is 0 Å². The van der Waals surface area contributed by atoms with Crippen LogP contribution in [0.15, 0.2) is 0 Å². The topological polar surface area (TPSA) is 66.8 Å². The van der Waals surface area contributed by atoms with Gasteiger partial charge >= 0.3 is 11.9 Å². The quantitative estimate of drug-likeness (QED) is 0.601. The molecule has 0 aliphatic carbocycles. The molecule has 1 saturated heterocycles. The van der Waals surface area contributed by atoms with Gasteiger partial charge in [-0.25, -0.2) is 0 Å². The number of carboxylic acids is 1. The summed E-state index contributed by atoms with van der Waals surface area (Å²) in [5, 5.41) is 8.75. The van der Waals surface area contributed by atoms with Gasteiger partial charge in [0, 0.05) is 19.9 Å². The number of hydrogen-bond donors (Lipinski definition) is 1. The smallest absolute Gasteiger partial charge is 0.321 e. The summed E-state index contributed by atoms with van der Waals surface area (Å²) in [5.74, 6) is -1.22. The van der Waals surface area contributed by atoms with E-state index in [1.165, 1.54) is 6.92 Å². The Morgan fingerprint density at radius 2 is 2.15 bits per heavy atom. The summed E-state index contributed by atoms with van der Waals surface area (Å²) in [6.45, 7) is 1.82. The fourth-order valence-electron chi connectivity index (χ4n) is 1.56. The molecule has 5 nitrogen and oxygen atoms in total. The van der Waals surface area contributed by atoms with Gasteiger partial charge < -0.3 is 9.84 Å². The van der Waals surface area contributed by atoms with Crippen LogP contribution in [0.1, 0.15) is 13.3 Å². The van der Waals surface area contributed by atoms with E-state index < -0.39 is 12.0 Å². The average Bonchev–Trinajstić information content (AvgIpc) is 2.29. The number of carbonyl (C=O) groups excluding carboxylic acids is 1. The maximum atomic E-state index is 10.7. The Kier molecular flexibility index (Phi) is 2.87. The highest BCUT2D eigenvalue weighted by Gasteiger charge is 2.35. The zero-order chi connectivity index (χ0) is 10.0. The number of carbonyl (C=O) groups is 2. The average molecular weight is 187 g/mol. The molecule has 0 bridgehead atoms. The molecule has 1 rings (SSSR count). The molecule has 0 spiro atoms. The highest BCUT2D eigenvalue weighted by molar-refractivity contribution is 5.74. The van der Waals surface area contributed by atoms with Gasteiger partial charge in [0.25, 0.3) is 0 Å². The predicted octanol–water partition coefficient (Wildman–Crippen LogP) is -0.293. The molecule has 0 saturated carbocycles. The van der Waals surface area contributed by atoms with Gasteiger partial charge in [-0.3, -0.25) is 14.5 Å². The van der Waals surface area contributed by atoms with E-state index >= 15 is 0 Å². The van der Waals surface area contributed by atoms with Crippen molar-refractivity contribution in [3.8, 4) is 0 Å². The van der Waals surface area contributed by atoms with E-state index in [1.54, 1.807) is 11.9 Å². The van der Waals surface area contributed by atoms with Crippen molar-refractivity contribution in [1.82, 2.24) is 4.90 Å². The molecule has 1 heterocycles. The first kappa shape index (κ1) is 9.98. The number of nitrogens with zero attached hydrogens (tertiary/aromatic N) is 1. The van der Waals surface area contributed by atoms with E-state index in [2.05, 4.69) is 0 Å². The standard InChI is InChI=1S/C8H13NO4/c1-5(10)13-6-3-7(8(11)12)9(2)4-6/h6-7H,3-4H2,1-2H3,(H,11,12). The van der Waals surface area contributed by atoms with Crippen molar-refractivity contribution < 1.29 is 19.4 Å². The van der Waals surface area contributed by atoms with Crippen molar-refractivity contribution in [2.45, 2.75) is 25.5 Å². The lowest BCUT2D eigenvalue weighted by atomic mass is 10.2. The largest absolute Gasteiger partial charge is 0.480 e. The Labute approximate surface area is 76.3 Å². The second-order valence-electron chi connectivity index (χ2n) is 3.26. The number of likely N-dealkylation sites (tertiary alicyclic amines) is 1. The van der Waals surface area contributed by atoms with Crippen LogP contribution in [0.25, 0.3) is 0 Å². The highest BCUT2D eigenvalue weighted by atomic mass is 16.5. The van der Waals surface area contributed by atoms with Gasteiger partial charge in [0.1, 0.15) is 12.1 Å². The first-order valence-corrected chi connectivity index (χ1v) is 4.11. The molecule has 0 aromatic rings. The van der Waals surface area contributed by atoms with Crippen molar-refractivity contribution in [3.05, 3.63) is 0 Å². The zero-order valence-corrected chi connectivity index (χ0v) is 7.69. The fraction of sp³-hybridized carbons (Fsp3) is 0.750. The van der Waals surface area contributed by atoms with Crippen LogP contribution in [-0.2, 0) is 14.3 Å². The van der Waals surface area contributed by atoms with Crippen molar-refractivity contribution >= 4 is 11.9 Å². The van der Waals surface area contributed by atoms with Crippen LogP contribution in [-0.4, -0.2) is 47.7 Å². The van der Waals surface area contributed by atoms with E-state index in [4.69, 9.17) is 9.84 Å². The van der Waals surface area contributed by atoms with E-state index in [0.717, 1.165) is 0 Å². The number of rotatable bonds is 2. The van der Waals surface area contributed by atoms with Crippen LogP contribution in [0.3, 0.4) is 0 Å². The summed E-state index contributed by atoms with van der Waals surface area (Å²) >= 11 is 0. The summed E-state index contributed by atoms with van der Waals surface area (Å²) in [7, 11) is 1.71. The molecule has 0 aromatic heterocycles. The summed E-state index contributed by atoms with van der Waals surface area (Å²) in [4.78, 5) is 22.9. The lowest BCUT2D eigenvalue weighted by Crippen LogP contribution is -2.32. The van der Waals surface area contributed by atoms with Crippen molar-refractivity contribution in [3.63, 3.8) is 0 Å². The first-order chi connectivity index (χ1) is 6.00. The van der Waals surface area contributed by atoms with Gasteiger partial charge in [0.05, 0.1) is 0 Å². The molecule has 13 heavy (non-hydrogen) atoms. The number of likely N-dealkylation sites (N-methyl/N-ethyl adjacent to an activating group) is 1. The summed E-state index contributed by atoms with van der Waals surface area (Å²) in [6, 6.07) is -0.524. The Balaban J connectivity index is 2.50. The van der Waals surface area contributed by atoms with E-state index in [-0.39, 0.29) is 12.1 Å². The van der Waals surface area contributed by atoms with Crippen LogP contribution < -0.4 is 0 Å². The normalized spacial score (nSPS) is 28.8. The van der Waals surface area contributed by atoms with Gasteiger partial charge in [0.2, 0.25) is 0 Å². The molecule has 0 aromatic carbocycles. The molecule has 0 radical (unpaired) electrons. The second-order valence-corrected chi connectivity index (χ2v) is 3.26. The van der Waals surface area contributed by atoms with Gasteiger partial charge in [-0.1, -0.05) is 0 Å². The number of aliphatic carboxylic acids is 1. The van der Waals surface area contributed by atoms with Gasteiger partial charge in [-0.2, -0.15) is 0 Å². The molecular weight excluding hydrogens is 174 g/mol. The molecule has 1 aliphatic heterocycles. The Morgan fingerprint density at radius 3 is 2.54 bits per heavy atom. The third-order valence-corrected chi connectivity index (χ3v) is 2.13. The molecule has 0 amide bonds. The highest BCUT2D eigenvalue weighted by Crippen LogP contribution is 2.18. The predicted molar refractivity (Wildman–Crippen MR) is 44.2 cm³/mol. The minimum Gasteiger partial charge on any atom is -0.480 e. The van der Waals surface area contributed by atoms with Crippen molar-refractivity contribution in [2.24, 2.45) is 0 Å². The third kappa shape index (κ3) is 2.42. The van der Waals surface area contributed by atoms with Crippen LogP contribution >= 0.6 is 0 Å². The van der Waals surface area contributed by atoms with Gasteiger partial charge in [0.15, 0.2) is 0 Å². The summed E-state index contributed by atoms with van der Waals surface area (Å²) < 4.78 is 4.92. The molecule has 74 valence electrons. The minimum absolute atomic E-state index is 0.274. The van der Waals surface area contributed by atoms with Crippen LogP contribution in [0.2, 0.25) is 0 Å². The number of carboxylic acid groups (broad SMARTS) is 1. The summed E-state index contributed by atoms with van der Waals surface area (Å²) in [6.07, 6.45) is 0.106. The van der Waals surface area contributed by atoms with Crippen LogP contribution in [0.5, 0.6) is 0 Å². The maximum Gasteiger partial charge on any atom is 0.321 e. The lowest BCUT2D eigenvalue weighted by Gasteiger charge is -2.12. The summed E-state index contributed by atoms with van der Waals surface area (Å²) in [5.41, 5.74) is 0. The molecular formula is C8H13NO4. The van der Waals surface area contributed by atoms with Crippen LogP contribution in [0.4, 0.5) is 0 Å². The monoisotopic (exact) mass is 187 g/mol. The minimum atomic E-state index is -0.864.